The number of benzene rings is 3. The van der Waals surface area contributed by atoms with Gasteiger partial charge in [-0.25, -0.2) is 0 Å². The lowest BCUT2D eigenvalue weighted by Crippen LogP contribution is -2.30. The highest BCUT2D eigenvalue weighted by Gasteiger charge is 2.48. The number of amides is 1. The first-order valence-electron chi connectivity index (χ1n) is 11.9. The third-order valence-corrected chi connectivity index (χ3v) is 6.49. The largest absolute Gasteiger partial charge is 0.507 e. The molecule has 7 heteroatoms. The first-order chi connectivity index (χ1) is 17.5. The van der Waals surface area contributed by atoms with E-state index in [2.05, 4.69) is 18.7 Å². The molecule has 1 atom stereocenters. The molecule has 1 heterocycles. The van der Waals surface area contributed by atoms with Crippen LogP contribution in [0.15, 0.2) is 78.4 Å². The summed E-state index contributed by atoms with van der Waals surface area (Å²) in [7, 11) is 3.00. The molecule has 1 amide bonds. The number of carbonyl (C=O) groups is 2. The number of methoxy groups -OCH3 is 2. The number of ether oxygens (including phenoxy) is 2. The number of nitrogens with zero attached hydrogens (tertiary/aromatic N) is 2. The van der Waals surface area contributed by atoms with Crippen molar-refractivity contribution < 1.29 is 24.2 Å². The summed E-state index contributed by atoms with van der Waals surface area (Å²) < 4.78 is 10.9. The Labute approximate surface area is 211 Å². The van der Waals surface area contributed by atoms with Crippen LogP contribution in [-0.2, 0) is 9.59 Å². The summed E-state index contributed by atoms with van der Waals surface area (Å²) in [5.41, 5.74) is 2.49. The second-order valence-corrected chi connectivity index (χ2v) is 8.31. The Morgan fingerprint density at radius 2 is 1.44 bits per heavy atom. The van der Waals surface area contributed by atoms with Gasteiger partial charge in [-0.3, -0.25) is 14.5 Å². The Balaban J connectivity index is 1.95. The van der Waals surface area contributed by atoms with Crippen molar-refractivity contribution in [1.82, 2.24) is 0 Å². The van der Waals surface area contributed by atoms with E-state index >= 15 is 0 Å². The van der Waals surface area contributed by atoms with E-state index in [0.29, 0.717) is 28.3 Å². The van der Waals surface area contributed by atoms with Crippen LogP contribution < -0.4 is 19.3 Å². The summed E-state index contributed by atoms with van der Waals surface area (Å²) in [4.78, 5) is 30.5. The Kier molecular flexibility index (Phi) is 7.29. The van der Waals surface area contributed by atoms with Crippen molar-refractivity contribution in [2.24, 2.45) is 0 Å². The maximum Gasteiger partial charge on any atom is 0.300 e. The molecule has 1 unspecified atom stereocenters. The van der Waals surface area contributed by atoms with Gasteiger partial charge in [0.15, 0.2) is 0 Å². The van der Waals surface area contributed by atoms with Crippen molar-refractivity contribution in [3.8, 4) is 11.5 Å². The van der Waals surface area contributed by atoms with E-state index in [0.717, 1.165) is 18.8 Å². The molecule has 0 spiro atoms. The van der Waals surface area contributed by atoms with Crippen molar-refractivity contribution in [2.75, 3.05) is 37.1 Å². The lowest BCUT2D eigenvalue weighted by atomic mass is 9.94. The third kappa shape index (κ3) is 4.28. The number of aliphatic hydroxyl groups excluding tert-OH is 1. The number of para-hydroxylation sites is 3. The lowest BCUT2D eigenvalue weighted by Gasteiger charge is -2.27. The number of hydrogen-bond donors (Lipinski definition) is 1. The molecule has 186 valence electrons. The topological polar surface area (TPSA) is 79.3 Å². The van der Waals surface area contributed by atoms with Crippen molar-refractivity contribution in [2.45, 2.75) is 19.9 Å². The second-order valence-electron chi connectivity index (χ2n) is 8.31. The summed E-state index contributed by atoms with van der Waals surface area (Å²) >= 11 is 0. The zero-order chi connectivity index (χ0) is 25.8. The van der Waals surface area contributed by atoms with Crippen LogP contribution in [0.25, 0.3) is 5.76 Å². The van der Waals surface area contributed by atoms with E-state index in [1.807, 2.05) is 24.3 Å². The summed E-state index contributed by atoms with van der Waals surface area (Å²) in [6.07, 6.45) is 0. The second kappa shape index (κ2) is 10.6. The summed E-state index contributed by atoms with van der Waals surface area (Å²) in [5, 5.41) is 11.4. The van der Waals surface area contributed by atoms with Gasteiger partial charge >= 0.3 is 0 Å². The fourth-order valence-corrected chi connectivity index (χ4v) is 4.67. The molecular weight excluding hydrogens is 456 g/mol. The van der Waals surface area contributed by atoms with Gasteiger partial charge in [-0.05, 0) is 55.8 Å². The van der Waals surface area contributed by atoms with Crippen molar-refractivity contribution in [3.05, 3.63) is 89.5 Å². The van der Waals surface area contributed by atoms with Crippen LogP contribution in [0.2, 0.25) is 0 Å². The van der Waals surface area contributed by atoms with Gasteiger partial charge < -0.3 is 19.5 Å². The van der Waals surface area contributed by atoms with E-state index in [-0.39, 0.29) is 11.3 Å². The van der Waals surface area contributed by atoms with Crippen LogP contribution in [-0.4, -0.2) is 44.1 Å². The first-order valence-corrected chi connectivity index (χ1v) is 11.9. The normalized spacial score (nSPS) is 16.8. The standard InChI is InChI=1S/C29H30N2O5/c1-5-30(6-2)20-17-15-19(16-18-20)26-25(27(32)21-11-7-9-13-23(21)35-3)28(33)29(34)31(26)22-12-8-10-14-24(22)36-4/h7-18,26,32H,5-6H2,1-4H3/b27-25-. The quantitative estimate of drug-likeness (QED) is 0.269. The highest BCUT2D eigenvalue weighted by Crippen LogP contribution is 2.45. The van der Waals surface area contributed by atoms with Gasteiger partial charge in [0.25, 0.3) is 11.7 Å². The Bertz CT molecular complexity index is 1300. The van der Waals surface area contributed by atoms with Crippen LogP contribution in [0.3, 0.4) is 0 Å². The van der Waals surface area contributed by atoms with Crippen molar-refractivity contribution in [3.63, 3.8) is 0 Å². The van der Waals surface area contributed by atoms with Gasteiger partial charge in [-0.2, -0.15) is 0 Å². The number of carbonyl (C=O) groups excluding carboxylic acids is 2. The van der Waals surface area contributed by atoms with Crippen LogP contribution in [0.4, 0.5) is 11.4 Å². The summed E-state index contributed by atoms with van der Waals surface area (Å²) in [6, 6.07) is 20.7. The maximum atomic E-state index is 13.5. The van der Waals surface area contributed by atoms with Crippen LogP contribution in [0, 0.1) is 0 Å². The molecule has 0 saturated carbocycles. The van der Waals surface area contributed by atoms with E-state index in [9.17, 15) is 14.7 Å². The minimum absolute atomic E-state index is 0.00834. The SMILES string of the molecule is CCN(CC)c1ccc(C2/C(=C(/O)c3ccccc3OC)C(=O)C(=O)N2c2ccccc2OC)cc1. The molecule has 0 aliphatic carbocycles. The monoisotopic (exact) mass is 486 g/mol. The lowest BCUT2D eigenvalue weighted by molar-refractivity contribution is -0.132. The van der Waals surface area contributed by atoms with Crippen molar-refractivity contribution >= 4 is 28.8 Å². The summed E-state index contributed by atoms with van der Waals surface area (Å²) in [6.45, 7) is 5.87. The molecule has 1 aliphatic heterocycles. The molecule has 3 aromatic rings. The average molecular weight is 487 g/mol. The molecular formula is C29H30N2O5. The van der Waals surface area contributed by atoms with Crippen LogP contribution >= 0.6 is 0 Å². The van der Waals surface area contributed by atoms with Gasteiger partial charge in [0.1, 0.15) is 17.3 Å². The van der Waals surface area contributed by atoms with Gasteiger partial charge in [-0.15, -0.1) is 0 Å². The number of anilines is 2. The fourth-order valence-electron chi connectivity index (χ4n) is 4.67. The Hall–Kier alpha value is -4.26. The predicted octanol–water partition coefficient (Wildman–Crippen LogP) is 5.18. The van der Waals surface area contributed by atoms with Crippen LogP contribution in [0.5, 0.6) is 11.5 Å². The molecule has 4 rings (SSSR count). The molecule has 0 aromatic heterocycles. The zero-order valence-corrected chi connectivity index (χ0v) is 20.9. The molecule has 7 nitrogen and oxygen atoms in total. The van der Waals surface area contributed by atoms with Crippen molar-refractivity contribution in [1.29, 1.82) is 0 Å². The molecule has 1 N–H and O–H groups in total. The third-order valence-electron chi connectivity index (χ3n) is 6.49. The first kappa shape index (κ1) is 24.9. The molecule has 0 bridgehead atoms. The molecule has 1 aliphatic rings. The van der Waals surface area contributed by atoms with E-state index < -0.39 is 17.7 Å². The van der Waals surface area contributed by atoms with Gasteiger partial charge in [-0.1, -0.05) is 36.4 Å². The number of aliphatic hydroxyl groups is 1. The highest BCUT2D eigenvalue weighted by molar-refractivity contribution is 6.52. The van der Waals surface area contributed by atoms with E-state index in [1.165, 1.54) is 19.1 Å². The number of rotatable bonds is 8. The molecule has 3 aromatic carbocycles. The van der Waals surface area contributed by atoms with E-state index in [4.69, 9.17) is 9.47 Å². The van der Waals surface area contributed by atoms with Gasteiger partial charge in [0, 0.05) is 18.8 Å². The fraction of sp³-hybridized carbons (Fsp3) is 0.241. The van der Waals surface area contributed by atoms with E-state index in [1.54, 1.807) is 48.5 Å². The predicted molar refractivity (Wildman–Crippen MR) is 141 cm³/mol. The molecule has 0 radical (unpaired) electrons. The number of hydrogen-bond acceptors (Lipinski definition) is 6. The minimum atomic E-state index is -0.864. The Morgan fingerprint density at radius 1 is 0.861 bits per heavy atom. The van der Waals surface area contributed by atoms with Gasteiger partial charge in [0.2, 0.25) is 0 Å². The highest BCUT2D eigenvalue weighted by atomic mass is 16.5. The zero-order valence-electron chi connectivity index (χ0n) is 20.9. The average Bonchev–Trinajstić information content (AvgIpc) is 3.19. The molecule has 36 heavy (non-hydrogen) atoms. The van der Waals surface area contributed by atoms with Crippen LogP contribution in [0.1, 0.15) is 31.0 Å². The molecule has 1 fully saturated rings. The summed E-state index contributed by atoms with van der Waals surface area (Å²) in [5.74, 6) is -0.965. The maximum absolute atomic E-state index is 13.5. The molecule has 1 saturated heterocycles. The number of ketones is 1. The van der Waals surface area contributed by atoms with Gasteiger partial charge in [0.05, 0.1) is 37.1 Å². The smallest absolute Gasteiger partial charge is 0.300 e. The minimum Gasteiger partial charge on any atom is -0.507 e. The Morgan fingerprint density at radius 3 is 2.06 bits per heavy atom. The number of Topliss-reactive ketones (excluding diaryl/α,β-unsaturated/α-hetero) is 1.